The van der Waals surface area contributed by atoms with Crippen molar-refractivity contribution < 1.29 is 18.0 Å². The molecule has 0 aromatic carbocycles. The van der Waals surface area contributed by atoms with Gasteiger partial charge in [0.05, 0.1) is 17.5 Å². The Morgan fingerprint density at radius 1 is 1.34 bits per heavy atom. The van der Waals surface area contributed by atoms with Crippen molar-refractivity contribution in [1.29, 1.82) is 0 Å². The molecule has 3 aromatic rings. The zero-order valence-electron chi connectivity index (χ0n) is 17.3. The third kappa shape index (κ3) is 4.71. The number of likely N-dealkylation sites (tertiary alicyclic amines) is 1. The highest BCUT2D eigenvalue weighted by molar-refractivity contribution is 7.20. The lowest BCUT2D eigenvalue weighted by atomic mass is 9.97. The predicted octanol–water partition coefficient (Wildman–Crippen LogP) is 3.31. The Morgan fingerprint density at radius 3 is 2.75 bits per heavy atom. The van der Waals surface area contributed by atoms with E-state index in [1.54, 1.807) is 6.20 Å². The van der Waals surface area contributed by atoms with Gasteiger partial charge in [0, 0.05) is 37.9 Å². The number of hydrogen-bond acceptors (Lipinski definition) is 7. The minimum absolute atomic E-state index is 0.0190. The lowest BCUT2D eigenvalue weighted by Gasteiger charge is -2.31. The molecule has 0 saturated carbocycles. The van der Waals surface area contributed by atoms with E-state index in [4.69, 9.17) is 5.73 Å². The molecule has 4 heterocycles. The monoisotopic (exact) mass is 468 g/mol. The smallest absolute Gasteiger partial charge is 0.383 e. The molecule has 172 valence electrons. The van der Waals surface area contributed by atoms with Crippen LogP contribution in [0.5, 0.6) is 0 Å². The summed E-state index contributed by atoms with van der Waals surface area (Å²) in [5.74, 6) is -0.141. The van der Waals surface area contributed by atoms with Crippen LogP contribution >= 0.6 is 11.3 Å². The second-order valence-corrected chi connectivity index (χ2v) is 8.52. The lowest BCUT2D eigenvalue weighted by Crippen LogP contribution is -2.45. The van der Waals surface area contributed by atoms with Crippen molar-refractivity contribution in [3.8, 4) is 11.3 Å². The van der Waals surface area contributed by atoms with Gasteiger partial charge in [-0.15, -0.1) is 5.10 Å². The maximum Gasteiger partial charge on any atom is 0.419 e. The number of anilines is 2. The van der Waals surface area contributed by atoms with E-state index in [1.165, 1.54) is 22.0 Å². The summed E-state index contributed by atoms with van der Waals surface area (Å²) in [7, 11) is 0. The van der Waals surface area contributed by atoms with Gasteiger partial charge in [-0.2, -0.15) is 13.2 Å². The molecular weight excluding hydrogens is 445 g/mol. The average molecular weight is 469 g/mol. The van der Waals surface area contributed by atoms with Gasteiger partial charge in [0.15, 0.2) is 0 Å². The molecule has 1 saturated heterocycles. The van der Waals surface area contributed by atoms with Gasteiger partial charge in [-0.3, -0.25) is 0 Å². The molecule has 0 unspecified atom stereocenters. The molecule has 0 bridgehead atoms. The minimum atomic E-state index is -4.59. The van der Waals surface area contributed by atoms with Gasteiger partial charge < -0.3 is 21.3 Å². The first-order valence-electron chi connectivity index (χ1n) is 10.2. The number of nitrogens with one attached hydrogen (secondary N) is 2. The molecule has 0 radical (unpaired) electrons. The van der Waals surface area contributed by atoms with E-state index in [-0.39, 0.29) is 11.6 Å². The summed E-state index contributed by atoms with van der Waals surface area (Å²) in [5.41, 5.74) is 4.93. The molecule has 4 N–H and O–H groups in total. The number of piperidine rings is 1. The van der Waals surface area contributed by atoms with Crippen LogP contribution < -0.4 is 16.4 Å². The van der Waals surface area contributed by atoms with Gasteiger partial charge in [-0.25, -0.2) is 19.3 Å². The number of urea groups is 1. The third-order valence-corrected chi connectivity index (χ3v) is 6.21. The van der Waals surface area contributed by atoms with Crippen LogP contribution in [0.3, 0.4) is 0 Å². The van der Waals surface area contributed by atoms with Crippen LogP contribution in [0.25, 0.3) is 16.2 Å². The molecule has 0 aliphatic carbocycles. The standard InChI is InChI=1S/C19H23F3N8OS/c1-2-24-17(31)29-5-3-11(4-6-29)8-26-16-28-30-10-14(27-18(30)32-16)12-7-13(19(20,21)22)15(23)25-9-12/h7,9-11H,2-6,8H2,1H3,(H2,23,25)(H,24,31)(H,26,28). The van der Waals surface area contributed by atoms with E-state index < -0.39 is 17.6 Å². The topological polar surface area (TPSA) is 113 Å². The molecule has 1 aliphatic rings. The van der Waals surface area contributed by atoms with E-state index in [9.17, 15) is 18.0 Å². The number of rotatable bonds is 5. The molecule has 13 heteroatoms. The van der Waals surface area contributed by atoms with Crippen LogP contribution in [0.15, 0.2) is 18.5 Å². The van der Waals surface area contributed by atoms with Crippen molar-refractivity contribution in [1.82, 2.24) is 29.8 Å². The van der Waals surface area contributed by atoms with Crippen LogP contribution in [0.4, 0.5) is 28.9 Å². The quantitative estimate of drug-likeness (QED) is 0.530. The van der Waals surface area contributed by atoms with Gasteiger partial charge in [0.25, 0.3) is 0 Å². The fraction of sp³-hybridized carbons (Fsp3) is 0.474. The molecule has 0 atom stereocenters. The number of carbonyl (C=O) groups is 1. The Hall–Kier alpha value is -3.09. The summed E-state index contributed by atoms with van der Waals surface area (Å²) >= 11 is 1.31. The highest BCUT2D eigenvalue weighted by Gasteiger charge is 2.34. The summed E-state index contributed by atoms with van der Waals surface area (Å²) in [6.45, 7) is 4.68. The highest BCUT2D eigenvalue weighted by atomic mass is 32.1. The molecule has 9 nitrogen and oxygen atoms in total. The Labute approximate surface area is 185 Å². The van der Waals surface area contributed by atoms with Gasteiger partial charge in [0.1, 0.15) is 5.82 Å². The van der Waals surface area contributed by atoms with Crippen LogP contribution in [-0.4, -0.2) is 56.7 Å². The van der Waals surface area contributed by atoms with Crippen LogP contribution in [0.1, 0.15) is 25.3 Å². The van der Waals surface area contributed by atoms with E-state index in [0.717, 1.165) is 38.5 Å². The molecule has 32 heavy (non-hydrogen) atoms. The normalized spacial score (nSPS) is 15.3. The fourth-order valence-electron chi connectivity index (χ4n) is 3.59. The van der Waals surface area contributed by atoms with E-state index in [0.29, 0.717) is 28.2 Å². The number of amides is 2. The molecule has 2 amide bonds. The van der Waals surface area contributed by atoms with Gasteiger partial charge in [0.2, 0.25) is 10.1 Å². The molecule has 3 aromatic heterocycles. The van der Waals surface area contributed by atoms with E-state index in [2.05, 4.69) is 25.7 Å². The molecule has 1 aliphatic heterocycles. The highest BCUT2D eigenvalue weighted by Crippen LogP contribution is 2.35. The van der Waals surface area contributed by atoms with Crippen molar-refractivity contribution in [3.05, 3.63) is 24.0 Å². The van der Waals surface area contributed by atoms with Gasteiger partial charge >= 0.3 is 12.2 Å². The Bertz CT molecular complexity index is 1070. The number of pyridine rings is 1. The summed E-state index contributed by atoms with van der Waals surface area (Å²) in [5, 5.41) is 11.2. The second kappa shape index (κ2) is 8.81. The number of nitrogens with zero attached hydrogens (tertiary/aromatic N) is 5. The van der Waals surface area contributed by atoms with Crippen LogP contribution in [0, 0.1) is 5.92 Å². The Balaban J connectivity index is 1.38. The fourth-order valence-corrected chi connectivity index (χ4v) is 4.38. The van der Waals surface area contributed by atoms with Crippen LogP contribution in [-0.2, 0) is 6.18 Å². The number of nitrogens with two attached hydrogens (primary N) is 1. The zero-order valence-corrected chi connectivity index (χ0v) is 18.1. The molecular formula is C19H23F3N8OS. The minimum Gasteiger partial charge on any atom is -0.383 e. The van der Waals surface area contributed by atoms with Crippen molar-refractivity contribution in [2.24, 2.45) is 5.92 Å². The number of imidazole rings is 1. The summed E-state index contributed by atoms with van der Waals surface area (Å²) in [4.78, 5) is 22.3. The average Bonchev–Trinajstić information content (AvgIpc) is 3.31. The molecule has 4 rings (SSSR count). The summed E-state index contributed by atoms with van der Waals surface area (Å²) in [6, 6.07) is 0.927. The lowest BCUT2D eigenvalue weighted by molar-refractivity contribution is -0.137. The van der Waals surface area contributed by atoms with Gasteiger partial charge in [-0.1, -0.05) is 11.3 Å². The Morgan fingerprint density at radius 2 is 2.09 bits per heavy atom. The van der Waals surface area contributed by atoms with Crippen molar-refractivity contribution >= 4 is 33.3 Å². The first-order chi connectivity index (χ1) is 15.2. The van der Waals surface area contributed by atoms with E-state index in [1.807, 2.05) is 11.8 Å². The first-order valence-corrected chi connectivity index (χ1v) is 11.0. The number of fused-ring (bicyclic) bond motifs is 1. The largest absolute Gasteiger partial charge is 0.419 e. The number of nitrogen functional groups attached to an aromatic ring is 1. The van der Waals surface area contributed by atoms with E-state index >= 15 is 0 Å². The SMILES string of the molecule is CCNC(=O)N1CCC(CNc2nn3cc(-c4cnc(N)c(C(F)(F)F)c4)nc3s2)CC1. The molecule has 1 fully saturated rings. The summed E-state index contributed by atoms with van der Waals surface area (Å²) < 4.78 is 40.8. The maximum atomic E-state index is 13.1. The number of hydrogen-bond donors (Lipinski definition) is 3. The van der Waals surface area contributed by atoms with Crippen molar-refractivity contribution in [2.45, 2.75) is 25.9 Å². The summed E-state index contributed by atoms with van der Waals surface area (Å²) in [6.07, 6.45) is 0.0545. The number of alkyl halides is 3. The van der Waals surface area contributed by atoms with Crippen molar-refractivity contribution in [2.75, 3.05) is 37.2 Å². The number of carbonyl (C=O) groups excluding carboxylic acids is 1. The Kier molecular flexibility index (Phi) is 6.09. The van der Waals surface area contributed by atoms with Crippen molar-refractivity contribution in [3.63, 3.8) is 0 Å². The van der Waals surface area contributed by atoms with Gasteiger partial charge in [-0.05, 0) is 31.7 Å². The first kappa shape index (κ1) is 22.1. The molecule has 0 spiro atoms. The number of aromatic nitrogens is 4. The second-order valence-electron chi connectivity index (χ2n) is 7.56. The third-order valence-electron chi connectivity index (χ3n) is 5.33. The maximum absolute atomic E-state index is 13.1. The predicted molar refractivity (Wildman–Crippen MR) is 115 cm³/mol. The zero-order chi connectivity index (χ0) is 22.9. The van der Waals surface area contributed by atoms with Crippen LogP contribution in [0.2, 0.25) is 0 Å². The number of halogens is 3.